The number of nitrogens with one attached hydrogen (secondary N) is 2. The van der Waals surface area contributed by atoms with Crippen LogP contribution in [-0.4, -0.2) is 29.3 Å². The molecule has 0 fully saturated rings. The molecule has 1 aromatic heterocycles. The minimum Gasteiger partial charge on any atom is -0.444 e. The lowest BCUT2D eigenvalue weighted by Crippen LogP contribution is -2.38. The molecule has 0 spiro atoms. The highest BCUT2D eigenvalue weighted by molar-refractivity contribution is 5.67. The van der Waals surface area contributed by atoms with E-state index in [1.807, 2.05) is 46.0 Å². The number of ether oxygens (including phenoxy) is 1. The van der Waals surface area contributed by atoms with Crippen LogP contribution in [0.15, 0.2) is 24.5 Å². The number of pyridine rings is 1. The number of nitrogens with zero attached hydrogens (tertiary/aromatic N) is 1. The molecule has 0 aromatic carbocycles. The lowest BCUT2D eigenvalue weighted by atomic mass is 10.2. The maximum Gasteiger partial charge on any atom is 0.407 e. The first kappa shape index (κ1) is 16.4. The second-order valence-electron chi connectivity index (χ2n) is 5.87. The highest BCUT2D eigenvalue weighted by Gasteiger charge is 2.17. The summed E-state index contributed by atoms with van der Waals surface area (Å²) >= 11 is 0. The molecule has 0 saturated carbocycles. The van der Waals surface area contributed by atoms with Gasteiger partial charge in [-0.05, 0) is 52.3 Å². The summed E-state index contributed by atoms with van der Waals surface area (Å²) in [5.74, 6) is 0. The van der Waals surface area contributed by atoms with Crippen LogP contribution in [0.2, 0.25) is 0 Å². The van der Waals surface area contributed by atoms with Crippen LogP contribution in [0.3, 0.4) is 0 Å². The van der Waals surface area contributed by atoms with Gasteiger partial charge in [-0.2, -0.15) is 0 Å². The van der Waals surface area contributed by atoms with Gasteiger partial charge in [0, 0.05) is 25.0 Å². The molecule has 1 atom stereocenters. The summed E-state index contributed by atoms with van der Waals surface area (Å²) in [7, 11) is 0. The van der Waals surface area contributed by atoms with E-state index in [1.165, 1.54) is 0 Å². The molecule has 1 amide bonds. The standard InChI is InChI=1S/C15H25N3O2/c1-12(18-14(19)20-15(2,3)4)7-9-17-11-13-6-5-8-16-10-13/h5-6,8,10,12,17H,7,9,11H2,1-4H3,(H,18,19)/t12-/m0/s1. The van der Waals surface area contributed by atoms with Crippen LogP contribution in [0, 0.1) is 0 Å². The zero-order valence-electron chi connectivity index (χ0n) is 12.8. The number of hydrogen-bond donors (Lipinski definition) is 2. The van der Waals surface area contributed by atoms with Gasteiger partial charge in [0.15, 0.2) is 0 Å². The van der Waals surface area contributed by atoms with Crippen molar-refractivity contribution in [1.82, 2.24) is 15.6 Å². The van der Waals surface area contributed by atoms with Crippen molar-refractivity contribution in [2.24, 2.45) is 0 Å². The van der Waals surface area contributed by atoms with Crippen LogP contribution >= 0.6 is 0 Å². The van der Waals surface area contributed by atoms with Gasteiger partial charge in [-0.3, -0.25) is 4.98 Å². The molecule has 2 N–H and O–H groups in total. The Morgan fingerprint density at radius 1 is 1.45 bits per heavy atom. The number of rotatable bonds is 6. The SMILES string of the molecule is C[C@@H](CCNCc1cccnc1)NC(=O)OC(C)(C)C. The van der Waals surface area contributed by atoms with Crippen molar-refractivity contribution >= 4 is 6.09 Å². The zero-order valence-corrected chi connectivity index (χ0v) is 12.8. The van der Waals surface area contributed by atoms with Crippen LogP contribution in [0.1, 0.15) is 39.7 Å². The zero-order chi connectivity index (χ0) is 15.0. The number of carbonyl (C=O) groups excluding carboxylic acids is 1. The first-order chi connectivity index (χ1) is 9.37. The number of hydrogen-bond acceptors (Lipinski definition) is 4. The molecule has 5 nitrogen and oxygen atoms in total. The van der Waals surface area contributed by atoms with Crippen molar-refractivity contribution in [2.45, 2.75) is 52.3 Å². The van der Waals surface area contributed by atoms with Crippen molar-refractivity contribution in [1.29, 1.82) is 0 Å². The Morgan fingerprint density at radius 2 is 2.20 bits per heavy atom. The Bertz CT molecular complexity index is 401. The van der Waals surface area contributed by atoms with Gasteiger partial charge in [0.1, 0.15) is 5.60 Å². The Hall–Kier alpha value is -1.62. The average Bonchev–Trinajstić information content (AvgIpc) is 2.33. The summed E-state index contributed by atoms with van der Waals surface area (Å²) in [4.78, 5) is 15.6. The predicted octanol–water partition coefficient (Wildman–Crippen LogP) is 2.47. The third kappa shape index (κ3) is 7.74. The fourth-order valence-electron chi connectivity index (χ4n) is 1.63. The van der Waals surface area contributed by atoms with Gasteiger partial charge < -0.3 is 15.4 Å². The monoisotopic (exact) mass is 279 g/mol. The van der Waals surface area contributed by atoms with E-state index in [1.54, 1.807) is 6.20 Å². The van der Waals surface area contributed by atoms with Crippen molar-refractivity contribution in [2.75, 3.05) is 6.54 Å². The fraction of sp³-hybridized carbons (Fsp3) is 0.600. The molecular formula is C15H25N3O2. The van der Waals surface area contributed by atoms with Crippen LogP contribution < -0.4 is 10.6 Å². The first-order valence-corrected chi connectivity index (χ1v) is 6.96. The highest BCUT2D eigenvalue weighted by Crippen LogP contribution is 2.07. The molecule has 0 aliphatic rings. The summed E-state index contributed by atoms with van der Waals surface area (Å²) < 4.78 is 5.21. The third-order valence-electron chi connectivity index (χ3n) is 2.57. The van der Waals surface area contributed by atoms with E-state index < -0.39 is 5.60 Å². The summed E-state index contributed by atoms with van der Waals surface area (Å²) in [6, 6.07) is 4.03. The van der Waals surface area contributed by atoms with Gasteiger partial charge in [0.05, 0.1) is 0 Å². The Balaban J connectivity index is 2.14. The molecule has 0 aliphatic carbocycles. The molecule has 1 heterocycles. The van der Waals surface area contributed by atoms with E-state index in [0.29, 0.717) is 0 Å². The predicted molar refractivity (Wildman–Crippen MR) is 79.4 cm³/mol. The van der Waals surface area contributed by atoms with E-state index in [4.69, 9.17) is 4.74 Å². The van der Waals surface area contributed by atoms with Gasteiger partial charge in [-0.25, -0.2) is 4.79 Å². The van der Waals surface area contributed by atoms with Crippen molar-refractivity contribution < 1.29 is 9.53 Å². The minimum absolute atomic E-state index is 0.0752. The summed E-state index contributed by atoms with van der Waals surface area (Å²) in [6.45, 7) is 9.14. The Morgan fingerprint density at radius 3 is 2.80 bits per heavy atom. The number of aromatic nitrogens is 1. The van der Waals surface area contributed by atoms with Crippen molar-refractivity contribution in [3.8, 4) is 0 Å². The first-order valence-electron chi connectivity index (χ1n) is 6.96. The van der Waals surface area contributed by atoms with Crippen LogP contribution in [0.4, 0.5) is 4.79 Å². The average molecular weight is 279 g/mol. The van der Waals surface area contributed by atoms with Crippen LogP contribution in [0.25, 0.3) is 0 Å². The van der Waals surface area contributed by atoms with Gasteiger partial charge >= 0.3 is 6.09 Å². The maximum atomic E-state index is 11.6. The molecule has 20 heavy (non-hydrogen) atoms. The van der Waals surface area contributed by atoms with Crippen molar-refractivity contribution in [3.63, 3.8) is 0 Å². The van der Waals surface area contributed by atoms with Gasteiger partial charge in [-0.15, -0.1) is 0 Å². The summed E-state index contributed by atoms with van der Waals surface area (Å²) in [6.07, 6.45) is 4.09. The van der Waals surface area contributed by atoms with Gasteiger partial charge in [-0.1, -0.05) is 6.07 Å². The maximum absolute atomic E-state index is 11.6. The van der Waals surface area contributed by atoms with E-state index in [-0.39, 0.29) is 12.1 Å². The molecule has 0 aliphatic heterocycles. The molecule has 112 valence electrons. The molecule has 0 unspecified atom stereocenters. The molecule has 5 heteroatoms. The highest BCUT2D eigenvalue weighted by atomic mass is 16.6. The third-order valence-corrected chi connectivity index (χ3v) is 2.57. The summed E-state index contributed by atoms with van der Waals surface area (Å²) in [5.41, 5.74) is 0.697. The lowest BCUT2D eigenvalue weighted by Gasteiger charge is -2.22. The van der Waals surface area contributed by atoms with Gasteiger partial charge in [0.2, 0.25) is 0 Å². The Labute approximate surface area is 121 Å². The molecule has 0 bridgehead atoms. The van der Waals surface area contributed by atoms with E-state index in [0.717, 1.165) is 25.1 Å². The quantitative estimate of drug-likeness (QED) is 0.785. The molecule has 0 radical (unpaired) electrons. The minimum atomic E-state index is -0.456. The molecule has 0 saturated heterocycles. The second kappa shape index (κ2) is 7.85. The van der Waals surface area contributed by atoms with Crippen molar-refractivity contribution in [3.05, 3.63) is 30.1 Å². The largest absolute Gasteiger partial charge is 0.444 e. The topological polar surface area (TPSA) is 63.2 Å². The smallest absolute Gasteiger partial charge is 0.407 e. The fourth-order valence-corrected chi connectivity index (χ4v) is 1.63. The molecular weight excluding hydrogens is 254 g/mol. The number of amides is 1. The summed E-state index contributed by atoms with van der Waals surface area (Å²) in [5, 5.41) is 6.14. The number of alkyl carbamates (subject to hydrolysis) is 1. The second-order valence-corrected chi connectivity index (χ2v) is 5.87. The molecule has 1 rings (SSSR count). The van der Waals surface area contributed by atoms with E-state index in [2.05, 4.69) is 15.6 Å². The van der Waals surface area contributed by atoms with Crippen LogP contribution in [0.5, 0.6) is 0 Å². The van der Waals surface area contributed by atoms with E-state index >= 15 is 0 Å². The number of carbonyl (C=O) groups is 1. The Kier molecular flexibility index (Phi) is 6.45. The lowest BCUT2D eigenvalue weighted by molar-refractivity contribution is 0.0506. The van der Waals surface area contributed by atoms with Crippen LogP contribution in [-0.2, 0) is 11.3 Å². The van der Waals surface area contributed by atoms with Gasteiger partial charge in [0.25, 0.3) is 0 Å². The molecule has 1 aromatic rings. The normalized spacial score (nSPS) is 12.8. The van der Waals surface area contributed by atoms with E-state index in [9.17, 15) is 4.79 Å².